The summed E-state index contributed by atoms with van der Waals surface area (Å²) in [6, 6.07) is 7.20. The summed E-state index contributed by atoms with van der Waals surface area (Å²) < 4.78 is 7.02. The molecule has 1 saturated heterocycles. The second-order valence-electron chi connectivity index (χ2n) is 4.99. The number of carbonyl (C=O) groups is 1. The smallest absolute Gasteiger partial charge is 0.281 e. The number of nitrogens with one attached hydrogen (secondary N) is 1. The van der Waals surface area contributed by atoms with Crippen LogP contribution in [0.25, 0.3) is 6.08 Å². The van der Waals surface area contributed by atoms with Crippen molar-refractivity contribution in [1.29, 1.82) is 0 Å². The van der Waals surface area contributed by atoms with Gasteiger partial charge in [0.05, 0.1) is 29.7 Å². The first-order chi connectivity index (χ1) is 11.6. The molecule has 2 aromatic rings. The summed E-state index contributed by atoms with van der Waals surface area (Å²) >= 11 is 11.5. The predicted molar refractivity (Wildman–Crippen MR) is 97.1 cm³/mol. The number of rotatable bonds is 4. The number of carbonyl (C=O) groups excluding carboxylic acids is 1. The molecule has 24 heavy (non-hydrogen) atoms. The van der Waals surface area contributed by atoms with Crippen LogP contribution in [-0.2, 0) is 11.3 Å². The third kappa shape index (κ3) is 2.76. The van der Waals surface area contributed by atoms with Crippen molar-refractivity contribution < 1.29 is 9.53 Å². The van der Waals surface area contributed by atoms with Gasteiger partial charge in [0.25, 0.3) is 5.91 Å². The number of nitrogens with zero attached hydrogens (tertiary/aromatic N) is 3. The third-order valence-electron chi connectivity index (χ3n) is 3.62. The van der Waals surface area contributed by atoms with Gasteiger partial charge in [-0.1, -0.05) is 23.7 Å². The molecular formula is C16H15ClN4O2S. The lowest BCUT2D eigenvalue weighted by atomic mass is 10.2. The van der Waals surface area contributed by atoms with Crippen molar-refractivity contribution in [2.45, 2.75) is 13.5 Å². The molecule has 1 N–H and O–H groups in total. The summed E-state index contributed by atoms with van der Waals surface area (Å²) in [5.74, 6) is 0.289. The van der Waals surface area contributed by atoms with Crippen molar-refractivity contribution in [3.63, 3.8) is 0 Å². The van der Waals surface area contributed by atoms with Gasteiger partial charge in [0.15, 0.2) is 5.11 Å². The van der Waals surface area contributed by atoms with Gasteiger partial charge in [0.2, 0.25) is 0 Å². The molecule has 0 radical (unpaired) electrons. The second-order valence-corrected chi connectivity index (χ2v) is 5.79. The average Bonchev–Trinajstić information content (AvgIpc) is 3.08. The molecule has 0 unspecified atom stereocenters. The SMILES string of the molecule is CCn1ncc(Cl)c1/C=C1/NC(=S)N(c2ccccc2OC)C1=O. The van der Waals surface area contributed by atoms with Crippen LogP contribution < -0.4 is 15.0 Å². The van der Waals surface area contributed by atoms with E-state index >= 15 is 0 Å². The van der Waals surface area contributed by atoms with Gasteiger partial charge in [0.1, 0.15) is 11.4 Å². The van der Waals surface area contributed by atoms with Gasteiger partial charge >= 0.3 is 0 Å². The number of methoxy groups -OCH3 is 1. The molecule has 1 fully saturated rings. The molecule has 0 atom stereocenters. The molecule has 1 aliphatic rings. The number of para-hydroxylation sites is 2. The van der Waals surface area contributed by atoms with Crippen LogP contribution in [0.5, 0.6) is 5.75 Å². The van der Waals surface area contributed by atoms with Gasteiger partial charge in [-0.3, -0.25) is 9.48 Å². The normalized spacial score (nSPS) is 16.0. The molecule has 8 heteroatoms. The van der Waals surface area contributed by atoms with E-state index in [-0.39, 0.29) is 11.0 Å². The quantitative estimate of drug-likeness (QED) is 0.669. The molecule has 1 aromatic carbocycles. The number of benzene rings is 1. The maximum atomic E-state index is 12.8. The van der Waals surface area contributed by atoms with Crippen LogP contribution in [0.15, 0.2) is 36.2 Å². The van der Waals surface area contributed by atoms with Crippen molar-refractivity contribution in [3.05, 3.63) is 46.9 Å². The van der Waals surface area contributed by atoms with Gasteiger partial charge in [-0.25, -0.2) is 4.90 Å². The highest BCUT2D eigenvalue weighted by molar-refractivity contribution is 7.80. The molecule has 1 aromatic heterocycles. The second kappa shape index (κ2) is 6.62. The molecular weight excluding hydrogens is 348 g/mol. The van der Waals surface area contributed by atoms with Gasteiger partial charge in [0, 0.05) is 6.54 Å². The first-order valence-corrected chi connectivity index (χ1v) is 8.07. The Bertz CT molecular complexity index is 846. The summed E-state index contributed by atoms with van der Waals surface area (Å²) in [5, 5.41) is 7.85. The van der Waals surface area contributed by atoms with E-state index in [4.69, 9.17) is 28.6 Å². The number of aryl methyl sites for hydroxylation is 1. The average molecular weight is 363 g/mol. The van der Waals surface area contributed by atoms with Crippen LogP contribution >= 0.6 is 23.8 Å². The molecule has 0 spiro atoms. The monoisotopic (exact) mass is 362 g/mol. The van der Waals surface area contributed by atoms with E-state index < -0.39 is 0 Å². The van der Waals surface area contributed by atoms with Crippen molar-refractivity contribution in [2.24, 2.45) is 0 Å². The number of halogens is 1. The summed E-state index contributed by atoms with van der Waals surface area (Å²) in [7, 11) is 1.55. The molecule has 124 valence electrons. The molecule has 3 rings (SSSR count). The summed E-state index contributed by atoms with van der Waals surface area (Å²) in [6.45, 7) is 2.59. The zero-order valence-electron chi connectivity index (χ0n) is 13.1. The number of thiocarbonyl (C=S) groups is 1. The van der Waals surface area contributed by atoms with Gasteiger partial charge in [-0.2, -0.15) is 5.10 Å². The number of anilines is 1. The molecule has 6 nitrogen and oxygen atoms in total. The van der Waals surface area contributed by atoms with Gasteiger partial charge < -0.3 is 10.1 Å². The van der Waals surface area contributed by atoms with Gasteiger partial charge in [-0.15, -0.1) is 0 Å². The summed E-state index contributed by atoms with van der Waals surface area (Å²) in [6.07, 6.45) is 3.20. The minimum absolute atomic E-state index is 0.274. The Kier molecular flexibility index (Phi) is 4.55. The highest BCUT2D eigenvalue weighted by Gasteiger charge is 2.34. The number of aromatic nitrogens is 2. The van der Waals surface area contributed by atoms with E-state index in [1.807, 2.05) is 19.1 Å². The molecule has 1 amide bonds. The molecule has 0 saturated carbocycles. The summed E-state index contributed by atoms with van der Waals surface area (Å²) in [4.78, 5) is 14.2. The van der Waals surface area contributed by atoms with E-state index in [0.29, 0.717) is 34.4 Å². The molecule has 0 aliphatic carbocycles. The zero-order chi connectivity index (χ0) is 17.3. The van der Waals surface area contributed by atoms with Crippen molar-refractivity contribution in [1.82, 2.24) is 15.1 Å². The minimum Gasteiger partial charge on any atom is -0.495 e. The zero-order valence-corrected chi connectivity index (χ0v) is 14.7. The Morgan fingerprint density at radius 3 is 2.88 bits per heavy atom. The fourth-order valence-electron chi connectivity index (χ4n) is 2.47. The Hall–Kier alpha value is -2.38. The third-order valence-corrected chi connectivity index (χ3v) is 4.19. The van der Waals surface area contributed by atoms with Crippen LogP contribution in [-0.4, -0.2) is 27.9 Å². The van der Waals surface area contributed by atoms with E-state index in [0.717, 1.165) is 0 Å². The van der Waals surface area contributed by atoms with Gasteiger partial charge in [-0.05, 0) is 37.4 Å². The fourth-order valence-corrected chi connectivity index (χ4v) is 2.96. The lowest BCUT2D eigenvalue weighted by Gasteiger charge is -2.17. The Balaban J connectivity index is 2.00. The van der Waals surface area contributed by atoms with Crippen LogP contribution in [0.4, 0.5) is 5.69 Å². The minimum atomic E-state index is -0.274. The highest BCUT2D eigenvalue weighted by Crippen LogP contribution is 2.31. The Morgan fingerprint density at radius 1 is 1.42 bits per heavy atom. The molecule has 1 aliphatic heterocycles. The largest absolute Gasteiger partial charge is 0.495 e. The van der Waals surface area contributed by atoms with E-state index in [1.54, 1.807) is 36.2 Å². The number of hydrogen-bond donors (Lipinski definition) is 1. The predicted octanol–water partition coefficient (Wildman–Crippen LogP) is 2.83. The van der Waals surface area contributed by atoms with E-state index in [2.05, 4.69) is 10.4 Å². The lowest BCUT2D eigenvalue weighted by molar-refractivity contribution is -0.113. The standard InChI is InChI=1S/C16H15ClN4O2S/c1-3-20-13(10(17)9-18-20)8-11-15(22)21(16(24)19-11)12-6-4-5-7-14(12)23-2/h4-9H,3H2,1-2H3,(H,19,24)/b11-8+. The van der Waals surface area contributed by atoms with Crippen LogP contribution in [0, 0.1) is 0 Å². The Labute approximate surface area is 149 Å². The van der Waals surface area contributed by atoms with Crippen molar-refractivity contribution >= 4 is 46.6 Å². The lowest BCUT2D eigenvalue weighted by Crippen LogP contribution is -2.30. The number of ether oxygens (including phenoxy) is 1. The molecule has 2 heterocycles. The first kappa shape index (κ1) is 16.5. The fraction of sp³-hybridized carbons (Fsp3) is 0.188. The van der Waals surface area contributed by atoms with Crippen LogP contribution in [0.3, 0.4) is 0 Å². The maximum Gasteiger partial charge on any atom is 0.281 e. The highest BCUT2D eigenvalue weighted by atomic mass is 35.5. The van der Waals surface area contributed by atoms with E-state index in [1.165, 1.54) is 4.90 Å². The summed E-state index contributed by atoms with van der Waals surface area (Å²) in [5.41, 5.74) is 1.57. The first-order valence-electron chi connectivity index (χ1n) is 7.28. The van der Waals surface area contributed by atoms with Crippen LogP contribution in [0.2, 0.25) is 5.02 Å². The topological polar surface area (TPSA) is 59.4 Å². The van der Waals surface area contributed by atoms with Crippen LogP contribution in [0.1, 0.15) is 12.6 Å². The van der Waals surface area contributed by atoms with E-state index in [9.17, 15) is 4.79 Å². The molecule has 0 bridgehead atoms. The van der Waals surface area contributed by atoms with Crippen molar-refractivity contribution in [2.75, 3.05) is 12.0 Å². The number of amides is 1. The maximum absolute atomic E-state index is 12.8. The Morgan fingerprint density at radius 2 is 2.17 bits per heavy atom. The van der Waals surface area contributed by atoms with Crippen molar-refractivity contribution in [3.8, 4) is 5.75 Å². The number of hydrogen-bond acceptors (Lipinski definition) is 4.